The summed E-state index contributed by atoms with van der Waals surface area (Å²) >= 11 is 0. The van der Waals surface area contributed by atoms with Crippen LogP contribution in [0.3, 0.4) is 0 Å². The SMILES string of the molecule is CCS(=O)(=O)N1CCC(C(=O)N[C@H]2CCCc3ccccc32)CC1. The number of aryl methyl sites for hydroxylation is 1. The van der Waals surface area contributed by atoms with Gasteiger partial charge in [0.25, 0.3) is 0 Å². The molecule has 2 aliphatic rings. The molecule has 5 nitrogen and oxygen atoms in total. The lowest BCUT2D eigenvalue weighted by Crippen LogP contribution is -2.44. The smallest absolute Gasteiger partial charge is 0.223 e. The highest BCUT2D eigenvalue weighted by Gasteiger charge is 2.31. The van der Waals surface area contributed by atoms with Crippen LogP contribution in [-0.4, -0.2) is 37.5 Å². The Labute approximate surface area is 144 Å². The molecule has 1 aromatic rings. The van der Waals surface area contributed by atoms with Gasteiger partial charge in [0.1, 0.15) is 0 Å². The van der Waals surface area contributed by atoms with Crippen LogP contribution < -0.4 is 5.32 Å². The van der Waals surface area contributed by atoms with Crippen LogP contribution >= 0.6 is 0 Å². The molecule has 1 aromatic carbocycles. The van der Waals surface area contributed by atoms with Crippen LogP contribution in [0.4, 0.5) is 0 Å². The van der Waals surface area contributed by atoms with Gasteiger partial charge in [0.2, 0.25) is 15.9 Å². The molecule has 0 bridgehead atoms. The van der Waals surface area contributed by atoms with E-state index in [2.05, 4.69) is 17.4 Å². The van der Waals surface area contributed by atoms with Crippen LogP contribution in [0, 0.1) is 5.92 Å². The number of carbonyl (C=O) groups excluding carboxylic acids is 1. The number of carbonyl (C=O) groups is 1. The van der Waals surface area contributed by atoms with Gasteiger partial charge < -0.3 is 5.32 Å². The summed E-state index contributed by atoms with van der Waals surface area (Å²) in [5.74, 6) is 0.121. The molecule has 1 aliphatic carbocycles. The third-order valence-corrected chi connectivity index (χ3v) is 7.15. The van der Waals surface area contributed by atoms with E-state index in [4.69, 9.17) is 0 Å². The number of benzene rings is 1. The van der Waals surface area contributed by atoms with Crippen LogP contribution in [0.25, 0.3) is 0 Å². The third-order valence-electron chi connectivity index (χ3n) is 5.27. The number of hydrogen-bond acceptors (Lipinski definition) is 3. The first-order valence-electron chi connectivity index (χ1n) is 8.87. The minimum absolute atomic E-state index is 0.0743. The number of nitrogens with one attached hydrogen (secondary N) is 1. The number of nitrogens with zero attached hydrogens (tertiary/aromatic N) is 1. The van der Waals surface area contributed by atoms with E-state index in [1.54, 1.807) is 6.92 Å². The average Bonchev–Trinajstić information content (AvgIpc) is 2.62. The summed E-state index contributed by atoms with van der Waals surface area (Å²) in [7, 11) is -3.14. The second-order valence-corrected chi connectivity index (χ2v) is 8.98. The lowest BCUT2D eigenvalue weighted by atomic mass is 9.87. The van der Waals surface area contributed by atoms with E-state index < -0.39 is 10.0 Å². The Morgan fingerprint density at radius 1 is 1.21 bits per heavy atom. The minimum atomic E-state index is -3.14. The fraction of sp³-hybridized carbons (Fsp3) is 0.611. The number of amides is 1. The van der Waals surface area contributed by atoms with Crippen LogP contribution in [-0.2, 0) is 21.2 Å². The predicted molar refractivity (Wildman–Crippen MR) is 94.0 cm³/mol. The summed E-state index contributed by atoms with van der Waals surface area (Å²) in [5.41, 5.74) is 2.57. The molecule has 0 aromatic heterocycles. The molecule has 6 heteroatoms. The van der Waals surface area contributed by atoms with Gasteiger partial charge in [0.15, 0.2) is 0 Å². The molecule has 1 fully saturated rings. The van der Waals surface area contributed by atoms with Crippen molar-refractivity contribution in [3.05, 3.63) is 35.4 Å². The largest absolute Gasteiger partial charge is 0.349 e. The first kappa shape index (κ1) is 17.4. The van der Waals surface area contributed by atoms with Gasteiger partial charge in [-0.25, -0.2) is 12.7 Å². The molecule has 1 amide bonds. The standard InChI is InChI=1S/C18H26N2O3S/c1-2-24(22,23)20-12-10-15(11-13-20)18(21)19-17-9-5-7-14-6-3-4-8-16(14)17/h3-4,6,8,15,17H,2,5,7,9-13H2,1H3,(H,19,21)/t17-/m0/s1. The van der Waals surface area contributed by atoms with Gasteiger partial charge in [-0.1, -0.05) is 24.3 Å². The maximum Gasteiger partial charge on any atom is 0.223 e. The Bertz CT molecular complexity index is 694. The quantitative estimate of drug-likeness (QED) is 0.906. The summed E-state index contributed by atoms with van der Waals surface area (Å²) in [6, 6.07) is 8.42. The molecule has 1 aliphatic heterocycles. The summed E-state index contributed by atoms with van der Waals surface area (Å²) in [6.07, 6.45) is 4.37. The fourth-order valence-corrected chi connectivity index (χ4v) is 4.90. The lowest BCUT2D eigenvalue weighted by molar-refractivity contribution is -0.127. The molecule has 24 heavy (non-hydrogen) atoms. The topological polar surface area (TPSA) is 66.5 Å². The molecule has 0 unspecified atom stereocenters. The molecular formula is C18H26N2O3S. The van der Waals surface area contributed by atoms with Crippen molar-refractivity contribution in [3.8, 4) is 0 Å². The fourth-order valence-electron chi connectivity index (χ4n) is 3.77. The summed E-state index contributed by atoms with van der Waals surface area (Å²) in [5, 5.41) is 3.21. The molecule has 132 valence electrons. The zero-order valence-corrected chi connectivity index (χ0v) is 15.0. The molecule has 0 spiro atoms. The number of sulfonamides is 1. The van der Waals surface area contributed by atoms with Crippen molar-refractivity contribution in [1.82, 2.24) is 9.62 Å². The van der Waals surface area contributed by atoms with Crippen LogP contribution in [0.1, 0.15) is 49.8 Å². The van der Waals surface area contributed by atoms with E-state index in [0.29, 0.717) is 25.9 Å². The van der Waals surface area contributed by atoms with E-state index >= 15 is 0 Å². The van der Waals surface area contributed by atoms with Gasteiger partial charge in [-0.05, 0) is 50.2 Å². The second-order valence-electron chi connectivity index (χ2n) is 6.73. The van der Waals surface area contributed by atoms with Crippen LogP contribution in [0.2, 0.25) is 0 Å². The van der Waals surface area contributed by atoms with E-state index in [1.807, 2.05) is 12.1 Å². The van der Waals surface area contributed by atoms with Gasteiger partial charge in [-0.15, -0.1) is 0 Å². The summed E-state index contributed by atoms with van der Waals surface area (Å²) in [4.78, 5) is 12.6. The predicted octanol–water partition coefficient (Wildman–Crippen LogP) is 2.24. The Balaban J connectivity index is 1.60. The Kier molecular flexibility index (Phi) is 5.25. The average molecular weight is 350 g/mol. The van der Waals surface area contributed by atoms with Crippen molar-refractivity contribution >= 4 is 15.9 Å². The highest BCUT2D eigenvalue weighted by Crippen LogP contribution is 2.30. The van der Waals surface area contributed by atoms with Crippen molar-refractivity contribution in [2.75, 3.05) is 18.8 Å². The van der Waals surface area contributed by atoms with Gasteiger partial charge >= 0.3 is 0 Å². The summed E-state index contributed by atoms with van der Waals surface area (Å²) < 4.78 is 25.3. The lowest BCUT2D eigenvalue weighted by Gasteiger charge is -2.32. The maximum absolute atomic E-state index is 12.6. The van der Waals surface area contributed by atoms with E-state index in [0.717, 1.165) is 19.3 Å². The molecule has 1 saturated heterocycles. The van der Waals surface area contributed by atoms with E-state index in [1.165, 1.54) is 15.4 Å². The zero-order chi connectivity index (χ0) is 17.2. The maximum atomic E-state index is 12.6. The Hall–Kier alpha value is -1.40. The first-order chi connectivity index (χ1) is 11.5. The monoisotopic (exact) mass is 350 g/mol. The van der Waals surface area contributed by atoms with E-state index in [-0.39, 0.29) is 23.6 Å². The van der Waals surface area contributed by atoms with Gasteiger partial charge in [0, 0.05) is 19.0 Å². The van der Waals surface area contributed by atoms with Gasteiger partial charge in [0.05, 0.1) is 11.8 Å². The molecular weight excluding hydrogens is 324 g/mol. The molecule has 0 radical (unpaired) electrons. The van der Waals surface area contributed by atoms with Gasteiger partial charge in [-0.3, -0.25) is 4.79 Å². The number of fused-ring (bicyclic) bond motifs is 1. The Morgan fingerprint density at radius 3 is 2.62 bits per heavy atom. The molecule has 1 N–H and O–H groups in total. The van der Waals surface area contributed by atoms with Gasteiger partial charge in [-0.2, -0.15) is 0 Å². The highest BCUT2D eigenvalue weighted by atomic mass is 32.2. The van der Waals surface area contributed by atoms with E-state index in [9.17, 15) is 13.2 Å². The highest BCUT2D eigenvalue weighted by molar-refractivity contribution is 7.89. The molecule has 1 atom stereocenters. The van der Waals surface area contributed by atoms with Crippen LogP contribution in [0.5, 0.6) is 0 Å². The minimum Gasteiger partial charge on any atom is -0.349 e. The molecule has 3 rings (SSSR count). The normalized spacial score (nSPS) is 22.8. The van der Waals surface area contributed by atoms with Crippen molar-refractivity contribution < 1.29 is 13.2 Å². The van der Waals surface area contributed by atoms with Crippen molar-refractivity contribution in [2.24, 2.45) is 5.92 Å². The number of piperidine rings is 1. The number of rotatable bonds is 4. The Morgan fingerprint density at radius 2 is 1.92 bits per heavy atom. The third kappa shape index (κ3) is 3.64. The van der Waals surface area contributed by atoms with Crippen molar-refractivity contribution in [3.63, 3.8) is 0 Å². The molecule has 1 heterocycles. The second kappa shape index (κ2) is 7.23. The zero-order valence-electron chi connectivity index (χ0n) is 14.2. The summed E-state index contributed by atoms with van der Waals surface area (Å²) in [6.45, 7) is 2.57. The van der Waals surface area contributed by atoms with Crippen LogP contribution in [0.15, 0.2) is 24.3 Å². The molecule has 0 saturated carbocycles. The number of hydrogen-bond donors (Lipinski definition) is 1. The van der Waals surface area contributed by atoms with Crippen molar-refractivity contribution in [1.29, 1.82) is 0 Å². The van der Waals surface area contributed by atoms with Crippen molar-refractivity contribution in [2.45, 2.75) is 45.1 Å². The first-order valence-corrected chi connectivity index (χ1v) is 10.5.